The summed E-state index contributed by atoms with van der Waals surface area (Å²) in [6.07, 6.45) is 0. The van der Waals surface area contributed by atoms with E-state index in [1.54, 1.807) is 24.3 Å². The fraction of sp³-hybridized carbons (Fsp3) is 0.121. The first-order valence-corrected chi connectivity index (χ1v) is 13.4. The summed E-state index contributed by atoms with van der Waals surface area (Å²) in [7, 11) is 0. The Bertz CT molecular complexity index is 1570. The van der Waals surface area contributed by atoms with E-state index in [1.165, 1.54) is 0 Å². The molecule has 3 aliphatic rings. The summed E-state index contributed by atoms with van der Waals surface area (Å²) in [6, 6.07) is 33.5. The Balaban J connectivity index is 1.72. The summed E-state index contributed by atoms with van der Waals surface area (Å²) in [5.41, 5.74) is 1.55. The molecule has 0 aromatic heterocycles. The lowest BCUT2D eigenvalue weighted by molar-refractivity contribution is -0.132. The number of benzene rings is 4. The van der Waals surface area contributed by atoms with Crippen LogP contribution in [0.25, 0.3) is 11.1 Å². The molecule has 1 saturated heterocycles. The van der Waals surface area contributed by atoms with Crippen molar-refractivity contribution in [3.8, 4) is 0 Å². The topological polar surface area (TPSA) is 63.2 Å². The van der Waals surface area contributed by atoms with Gasteiger partial charge in [0.05, 0.1) is 22.7 Å². The van der Waals surface area contributed by atoms with Gasteiger partial charge in [-0.3, -0.25) is 19.7 Å². The third kappa shape index (κ3) is 2.99. The second-order valence-corrected chi connectivity index (χ2v) is 11.1. The lowest BCUT2D eigenvalue weighted by Crippen LogP contribution is -2.44. The molecule has 1 saturated carbocycles. The molecule has 6 heteroatoms. The van der Waals surface area contributed by atoms with Gasteiger partial charge in [0, 0.05) is 10.0 Å². The van der Waals surface area contributed by atoms with Crippen LogP contribution in [-0.2, 0) is 25.2 Å². The second-order valence-electron chi connectivity index (χ2n) is 10.2. The van der Waals surface area contributed by atoms with E-state index in [-0.39, 0.29) is 5.78 Å². The van der Waals surface area contributed by atoms with Crippen molar-refractivity contribution in [2.45, 2.75) is 10.8 Å². The molecule has 0 spiro atoms. The molecule has 0 unspecified atom stereocenters. The monoisotopic (exact) mass is 549 g/mol. The predicted octanol–water partition coefficient (Wildman–Crippen LogP) is 6.27. The number of allylic oxidation sites excluding steroid dienone is 2. The van der Waals surface area contributed by atoms with E-state index >= 15 is 4.79 Å². The molecule has 1 aliphatic heterocycles. The lowest BCUT2D eigenvalue weighted by atomic mass is 9.59. The average Bonchev–Trinajstić information content (AvgIpc) is 3.49. The van der Waals surface area contributed by atoms with Crippen molar-refractivity contribution in [3.05, 3.63) is 141 Å². The largest absolute Gasteiger partial charge is 0.297 e. The molecule has 4 aromatic carbocycles. The minimum absolute atomic E-state index is 0.185. The van der Waals surface area contributed by atoms with Crippen molar-refractivity contribution >= 4 is 51.9 Å². The highest BCUT2D eigenvalue weighted by Crippen LogP contribution is 2.73. The standard InChI is InChI=1S/C33H21Cl2NO3/c34-23-15-11-21(12-16-23)32-25(19-7-3-1-4-8-19)26(20-9-5-2-6-10-20)33(31(32)39,22-13-17-24(35)18-14-22)28-27(32)29(37)36-30(28)38/h1-18,27-28H,(H,36,37,38)/t27-,28-,32-,33-/m0/s1. The number of nitrogens with one attached hydrogen (secondary N) is 1. The third-order valence-electron chi connectivity index (χ3n) is 8.56. The Morgan fingerprint density at radius 1 is 0.513 bits per heavy atom. The summed E-state index contributed by atoms with van der Waals surface area (Å²) < 4.78 is 0. The summed E-state index contributed by atoms with van der Waals surface area (Å²) in [6.45, 7) is 0. The highest BCUT2D eigenvalue weighted by molar-refractivity contribution is 6.36. The molecule has 2 bridgehead atoms. The zero-order chi connectivity index (χ0) is 26.9. The molecule has 39 heavy (non-hydrogen) atoms. The van der Waals surface area contributed by atoms with Gasteiger partial charge in [-0.25, -0.2) is 0 Å². The Morgan fingerprint density at radius 3 is 1.23 bits per heavy atom. The summed E-state index contributed by atoms with van der Waals surface area (Å²) in [5, 5.41) is 3.61. The van der Waals surface area contributed by atoms with Gasteiger partial charge >= 0.3 is 0 Å². The van der Waals surface area contributed by atoms with Crippen LogP contribution in [0.5, 0.6) is 0 Å². The van der Waals surface area contributed by atoms with Crippen molar-refractivity contribution in [2.75, 3.05) is 0 Å². The molecule has 2 amide bonds. The fourth-order valence-corrected chi connectivity index (χ4v) is 7.54. The van der Waals surface area contributed by atoms with Crippen LogP contribution in [0.15, 0.2) is 109 Å². The molecule has 2 fully saturated rings. The SMILES string of the molecule is O=C1NC(=O)[C@@H]2[C@@H]1[C@@]1(c3ccc(Cl)cc3)C(=O)[C@@]2(c2ccc(Cl)cc2)C(c2ccccc2)=C1c1ccccc1. The van der Waals surface area contributed by atoms with Crippen LogP contribution in [-0.4, -0.2) is 17.6 Å². The number of imide groups is 1. The van der Waals surface area contributed by atoms with Crippen LogP contribution in [0.2, 0.25) is 10.0 Å². The maximum Gasteiger partial charge on any atom is 0.232 e. The van der Waals surface area contributed by atoms with Gasteiger partial charge in [0.15, 0.2) is 5.78 Å². The van der Waals surface area contributed by atoms with Gasteiger partial charge in [-0.1, -0.05) is 108 Å². The zero-order valence-electron chi connectivity index (χ0n) is 20.5. The molecule has 2 aliphatic carbocycles. The number of fused-ring (bicyclic) bond motifs is 5. The summed E-state index contributed by atoms with van der Waals surface area (Å²) in [5.74, 6) is -2.93. The van der Waals surface area contributed by atoms with Crippen molar-refractivity contribution in [2.24, 2.45) is 11.8 Å². The van der Waals surface area contributed by atoms with Crippen molar-refractivity contribution in [1.82, 2.24) is 5.32 Å². The molecule has 0 radical (unpaired) electrons. The number of hydrogen-bond acceptors (Lipinski definition) is 3. The molecular weight excluding hydrogens is 529 g/mol. The number of Topliss-reactive ketones (excluding diaryl/α,β-unsaturated/α-hetero) is 1. The molecule has 4 aromatic rings. The van der Waals surface area contributed by atoms with Crippen LogP contribution in [0.4, 0.5) is 0 Å². The number of ketones is 1. The first-order chi connectivity index (χ1) is 18.9. The number of carbonyl (C=O) groups excluding carboxylic acids is 3. The minimum atomic E-state index is -1.42. The van der Waals surface area contributed by atoms with E-state index in [1.807, 2.05) is 84.9 Å². The normalized spacial score (nSPS) is 27.2. The Morgan fingerprint density at radius 2 is 0.872 bits per heavy atom. The molecule has 190 valence electrons. The van der Waals surface area contributed by atoms with E-state index in [2.05, 4.69) is 5.32 Å². The average molecular weight is 550 g/mol. The number of rotatable bonds is 4. The van der Waals surface area contributed by atoms with E-state index in [0.717, 1.165) is 22.3 Å². The minimum Gasteiger partial charge on any atom is -0.297 e. The third-order valence-corrected chi connectivity index (χ3v) is 9.06. The maximum absolute atomic E-state index is 15.4. The van der Waals surface area contributed by atoms with Crippen LogP contribution in [0, 0.1) is 11.8 Å². The second kappa shape index (κ2) is 8.51. The van der Waals surface area contributed by atoms with E-state index in [0.29, 0.717) is 21.2 Å². The molecule has 1 N–H and O–H groups in total. The first-order valence-electron chi connectivity index (χ1n) is 12.7. The number of hydrogen-bond donors (Lipinski definition) is 1. The summed E-state index contributed by atoms with van der Waals surface area (Å²) in [4.78, 5) is 42.9. The van der Waals surface area contributed by atoms with Crippen molar-refractivity contribution in [1.29, 1.82) is 0 Å². The van der Waals surface area contributed by atoms with Gasteiger partial charge in [0.1, 0.15) is 0 Å². The van der Waals surface area contributed by atoms with Gasteiger partial charge in [0.25, 0.3) is 0 Å². The lowest BCUT2D eigenvalue weighted by Gasteiger charge is -2.39. The number of carbonyl (C=O) groups is 3. The van der Waals surface area contributed by atoms with Gasteiger partial charge in [-0.15, -0.1) is 0 Å². The Labute approximate surface area is 235 Å². The first kappa shape index (κ1) is 24.1. The van der Waals surface area contributed by atoms with Crippen LogP contribution in [0.1, 0.15) is 22.3 Å². The van der Waals surface area contributed by atoms with Gasteiger partial charge in [-0.2, -0.15) is 0 Å². The van der Waals surface area contributed by atoms with Gasteiger partial charge < -0.3 is 0 Å². The molecule has 7 rings (SSSR count). The van der Waals surface area contributed by atoms with Crippen LogP contribution in [0.3, 0.4) is 0 Å². The maximum atomic E-state index is 15.4. The van der Waals surface area contributed by atoms with E-state index in [9.17, 15) is 9.59 Å². The van der Waals surface area contributed by atoms with Crippen LogP contribution < -0.4 is 5.32 Å². The van der Waals surface area contributed by atoms with E-state index < -0.39 is 34.5 Å². The molecular formula is C33H21Cl2NO3. The van der Waals surface area contributed by atoms with E-state index in [4.69, 9.17) is 23.2 Å². The zero-order valence-corrected chi connectivity index (χ0v) is 22.0. The Hall–Kier alpha value is -3.99. The number of halogens is 2. The van der Waals surface area contributed by atoms with Crippen LogP contribution >= 0.6 is 23.2 Å². The highest BCUT2D eigenvalue weighted by Gasteiger charge is 2.81. The fourth-order valence-electron chi connectivity index (χ4n) is 7.29. The quantitative estimate of drug-likeness (QED) is 0.305. The molecule has 4 nitrogen and oxygen atoms in total. The van der Waals surface area contributed by atoms with Gasteiger partial charge in [-0.05, 0) is 57.7 Å². The molecule has 1 heterocycles. The van der Waals surface area contributed by atoms with Gasteiger partial charge in [0.2, 0.25) is 11.8 Å². The smallest absolute Gasteiger partial charge is 0.232 e. The highest BCUT2D eigenvalue weighted by atomic mass is 35.5. The van der Waals surface area contributed by atoms with Crippen molar-refractivity contribution < 1.29 is 14.4 Å². The van der Waals surface area contributed by atoms with Crippen molar-refractivity contribution in [3.63, 3.8) is 0 Å². The Kier molecular flexibility index (Phi) is 5.25. The molecule has 4 atom stereocenters. The summed E-state index contributed by atoms with van der Waals surface area (Å²) >= 11 is 12.6. The number of amides is 2. The predicted molar refractivity (Wildman–Crippen MR) is 151 cm³/mol.